The van der Waals surface area contributed by atoms with E-state index in [4.69, 9.17) is 4.74 Å². The van der Waals surface area contributed by atoms with E-state index in [1.54, 1.807) is 0 Å². The maximum Gasteiger partial charge on any atom is 0.0496 e. The summed E-state index contributed by atoms with van der Waals surface area (Å²) in [5.74, 6) is 5.83. The summed E-state index contributed by atoms with van der Waals surface area (Å²) in [6, 6.07) is 0. The van der Waals surface area contributed by atoms with Crippen LogP contribution in [0.5, 0.6) is 0 Å². The van der Waals surface area contributed by atoms with Crippen molar-refractivity contribution < 1.29 is 4.74 Å². The molecular formula is C21H41NO. The molecule has 2 aliphatic heterocycles. The standard InChI is InChI=1S/C21H41NO/c1-15(2)20-9-18(11-22(6)12-20)7-17(5)8-19-10-21(16(3)4)14-23-13-19/h15-21H,7-14H2,1-6H3/t17?,18-,19?,20+,21?/m0/s1. The van der Waals surface area contributed by atoms with Crippen molar-refractivity contribution in [1.82, 2.24) is 4.90 Å². The number of nitrogens with zero attached hydrogens (tertiary/aromatic N) is 1. The summed E-state index contributed by atoms with van der Waals surface area (Å²) in [6.45, 7) is 16.6. The Kier molecular flexibility index (Phi) is 7.41. The molecule has 136 valence electrons. The minimum absolute atomic E-state index is 0.770. The Labute approximate surface area is 145 Å². The topological polar surface area (TPSA) is 12.5 Å². The molecule has 0 N–H and O–H groups in total. The van der Waals surface area contributed by atoms with Crippen LogP contribution in [0.25, 0.3) is 0 Å². The number of hydrogen-bond donors (Lipinski definition) is 0. The molecule has 0 saturated carbocycles. The monoisotopic (exact) mass is 323 g/mol. The molecule has 0 aliphatic carbocycles. The summed E-state index contributed by atoms with van der Waals surface area (Å²) in [4.78, 5) is 2.57. The molecule has 0 aromatic heterocycles. The Morgan fingerprint density at radius 2 is 1.43 bits per heavy atom. The summed E-state index contributed by atoms with van der Waals surface area (Å²) in [5, 5.41) is 0. The zero-order valence-electron chi connectivity index (χ0n) is 16.6. The Morgan fingerprint density at radius 3 is 2.09 bits per heavy atom. The lowest BCUT2D eigenvalue weighted by molar-refractivity contribution is -0.00896. The van der Waals surface area contributed by atoms with Crippen LogP contribution in [-0.4, -0.2) is 38.3 Å². The highest BCUT2D eigenvalue weighted by Gasteiger charge is 2.30. The minimum Gasteiger partial charge on any atom is -0.381 e. The Hall–Kier alpha value is -0.0800. The second-order valence-electron chi connectivity index (χ2n) is 9.55. The smallest absolute Gasteiger partial charge is 0.0496 e. The van der Waals surface area contributed by atoms with Crippen LogP contribution in [0.1, 0.15) is 60.3 Å². The molecule has 2 heteroatoms. The van der Waals surface area contributed by atoms with Gasteiger partial charge in [-0.15, -0.1) is 0 Å². The number of ether oxygens (including phenoxy) is 1. The summed E-state index contributed by atoms with van der Waals surface area (Å²) >= 11 is 0. The van der Waals surface area contributed by atoms with Crippen molar-refractivity contribution in [2.45, 2.75) is 60.3 Å². The van der Waals surface area contributed by atoms with Gasteiger partial charge >= 0.3 is 0 Å². The highest BCUT2D eigenvalue weighted by molar-refractivity contribution is 4.81. The second-order valence-corrected chi connectivity index (χ2v) is 9.55. The quantitative estimate of drug-likeness (QED) is 0.687. The average molecular weight is 324 g/mol. The first kappa shape index (κ1) is 19.2. The summed E-state index contributed by atoms with van der Waals surface area (Å²) < 4.78 is 5.90. The van der Waals surface area contributed by atoms with Gasteiger partial charge in [0.2, 0.25) is 0 Å². The summed E-state index contributed by atoms with van der Waals surface area (Å²) in [5.41, 5.74) is 0. The first-order chi connectivity index (χ1) is 10.8. The summed E-state index contributed by atoms with van der Waals surface area (Å²) in [7, 11) is 2.31. The number of hydrogen-bond acceptors (Lipinski definition) is 2. The summed E-state index contributed by atoms with van der Waals surface area (Å²) in [6.07, 6.45) is 5.62. The molecule has 0 amide bonds. The molecule has 5 atom stereocenters. The van der Waals surface area contributed by atoms with E-state index >= 15 is 0 Å². The number of piperidine rings is 1. The largest absolute Gasteiger partial charge is 0.381 e. The van der Waals surface area contributed by atoms with Gasteiger partial charge in [0.05, 0.1) is 0 Å². The molecule has 0 aromatic carbocycles. The first-order valence-corrected chi connectivity index (χ1v) is 10.1. The molecule has 2 heterocycles. The van der Waals surface area contributed by atoms with Crippen LogP contribution < -0.4 is 0 Å². The fraction of sp³-hybridized carbons (Fsp3) is 1.00. The van der Waals surface area contributed by atoms with Gasteiger partial charge in [-0.05, 0) is 74.2 Å². The average Bonchev–Trinajstić information content (AvgIpc) is 2.46. The lowest BCUT2D eigenvalue weighted by Crippen LogP contribution is -2.40. The van der Waals surface area contributed by atoms with E-state index in [-0.39, 0.29) is 0 Å². The van der Waals surface area contributed by atoms with Crippen LogP contribution in [0.15, 0.2) is 0 Å². The van der Waals surface area contributed by atoms with Crippen molar-refractivity contribution >= 4 is 0 Å². The van der Waals surface area contributed by atoms with E-state index < -0.39 is 0 Å². The molecule has 2 saturated heterocycles. The molecule has 3 unspecified atom stereocenters. The minimum atomic E-state index is 0.770. The van der Waals surface area contributed by atoms with Gasteiger partial charge < -0.3 is 9.64 Å². The van der Waals surface area contributed by atoms with E-state index in [0.29, 0.717) is 0 Å². The lowest BCUT2D eigenvalue weighted by Gasteiger charge is -2.39. The van der Waals surface area contributed by atoms with Gasteiger partial charge in [0, 0.05) is 26.3 Å². The molecule has 0 bridgehead atoms. The van der Waals surface area contributed by atoms with Crippen LogP contribution in [0.3, 0.4) is 0 Å². The fourth-order valence-electron chi connectivity index (χ4n) is 4.96. The molecule has 0 aromatic rings. The van der Waals surface area contributed by atoms with E-state index in [1.807, 2.05) is 0 Å². The van der Waals surface area contributed by atoms with Gasteiger partial charge in [0.1, 0.15) is 0 Å². The van der Waals surface area contributed by atoms with Crippen molar-refractivity contribution in [1.29, 1.82) is 0 Å². The lowest BCUT2D eigenvalue weighted by atomic mass is 9.76. The normalized spacial score (nSPS) is 35.0. The molecule has 0 radical (unpaired) electrons. The Morgan fingerprint density at radius 1 is 0.826 bits per heavy atom. The van der Waals surface area contributed by atoms with E-state index in [2.05, 4.69) is 46.6 Å². The van der Waals surface area contributed by atoms with Crippen molar-refractivity contribution in [3.8, 4) is 0 Å². The van der Waals surface area contributed by atoms with E-state index in [0.717, 1.165) is 54.6 Å². The van der Waals surface area contributed by atoms with Crippen LogP contribution in [0.2, 0.25) is 0 Å². The van der Waals surface area contributed by atoms with Crippen LogP contribution >= 0.6 is 0 Å². The Bertz CT molecular complexity index is 341. The van der Waals surface area contributed by atoms with Crippen LogP contribution in [0.4, 0.5) is 0 Å². The second kappa shape index (κ2) is 8.85. The van der Waals surface area contributed by atoms with E-state index in [9.17, 15) is 0 Å². The highest BCUT2D eigenvalue weighted by Crippen LogP contribution is 2.34. The van der Waals surface area contributed by atoms with E-state index in [1.165, 1.54) is 38.8 Å². The molecule has 0 spiro atoms. The number of likely N-dealkylation sites (tertiary alicyclic amines) is 1. The molecule has 2 aliphatic rings. The zero-order valence-corrected chi connectivity index (χ0v) is 16.6. The first-order valence-electron chi connectivity index (χ1n) is 10.1. The Balaban J connectivity index is 1.78. The third-order valence-electron chi connectivity index (χ3n) is 6.43. The van der Waals surface area contributed by atoms with Crippen molar-refractivity contribution in [3.63, 3.8) is 0 Å². The van der Waals surface area contributed by atoms with Crippen molar-refractivity contribution in [2.75, 3.05) is 33.4 Å². The zero-order chi connectivity index (χ0) is 17.0. The molecular weight excluding hydrogens is 282 g/mol. The fourth-order valence-corrected chi connectivity index (χ4v) is 4.96. The third-order valence-corrected chi connectivity index (χ3v) is 6.43. The van der Waals surface area contributed by atoms with Gasteiger partial charge in [-0.25, -0.2) is 0 Å². The predicted octanol–water partition coefficient (Wildman–Crippen LogP) is 4.94. The molecule has 23 heavy (non-hydrogen) atoms. The van der Waals surface area contributed by atoms with Gasteiger partial charge in [0.15, 0.2) is 0 Å². The molecule has 2 rings (SSSR count). The van der Waals surface area contributed by atoms with Gasteiger partial charge in [0.25, 0.3) is 0 Å². The van der Waals surface area contributed by atoms with Gasteiger partial charge in [-0.1, -0.05) is 34.6 Å². The maximum atomic E-state index is 5.90. The van der Waals surface area contributed by atoms with Crippen LogP contribution in [-0.2, 0) is 4.74 Å². The predicted molar refractivity (Wildman–Crippen MR) is 99.6 cm³/mol. The van der Waals surface area contributed by atoms with Gasteiger partial charge in [-0.3, -0.25) is 0 Å². The maximum absolute atomic E-state index is 5.90. The van der Waals surface area contributed by atoms with Crippen molar-refractivity contribution in [3.05, 3.63) is 0 Å². The molecule has 2 fully saturated rings. The van der Waals surface area contributed by atoms with Crippen molar-refractivity contribution in [2.24, 2.45) is 41.4 Å². The van der Waals surface area contributed by atoms with Gasteiger partial charge in [-0.2, -0.15) is 0 Å². The van der Waals surface area contributed by atoms with Crippen LogP contribution in [0, 0.1) is 41.4 Å². The molecule has 2 nitrogen and oxygen atoms in total. The third kappa shape index (κ3) is 6.05. The number of rotatable bonds is 6. The highest BCUT2D eigenvalue weighted by atomic mass is 16.5. The SMILES string of the molecule is CC(CC1COCC(C(C)C)C1)C[C@H]1C[C@@H](C(C)C)CN(C)C1.